The summed E-state index contributed by atoms with van der Waals surface area (Å²) in [5.74, 6) is -0.776. The van der Waals surface area contributed by atoms with Crippen LogP contribution in [0.25, 0.3) is 11.1 Å². The Kier molecular flexibility index (Phi) is 7.35. The molecule has 3 aromatic rings. The number of hydrogen-bond acceptors (Lipinski definition) is 4. The molecule has 0 fully saturated rings. The van der Waals surface area contributed by atoms with E-state index >= 15 is 0 Å². The Balaban J connectivity index is 2.31. The molecule has 2 aromatic carbocycles. The van der Waals surface area contributed by atoms with Gasteiger partial charge in [0.1, 0.15) is 17.5 Å². The molecule has 2 N–H and O–H groups in total. The molecule has 0 unspecified atom stereocenters. The van der Waals surface area contributed by atoms with Crippen LogP contribution in [0.1, 0.15) is 51.6 Å². The van der Waals surface area contributed by atoms with Gasteiger partial charge in [-0.05, 0) is 53.3 Å². The Morgan fingerprint density at radius 1 is 1.09 bits per heavy atom. The highest BCUT2D eigenvalue weighted by Gasteiger charge is 2.26. The smallest absolute Gasteiger partial charge is 0.418 e. The minimum Gasteiger partial charge on any atom is -0.464 e. The summed E-state index contributed by atoms with van der Waals surface area (Å²) in [5.41, 5.74) is 1.14. The van der Waals surface area contributed by atoms with Crippen molar-refractivity contribution in [3.05, 3.63) is 71.3 Å². The molecular weight excluding hydrogens is 476 g/mol. The minimum atomic E-state index is -4.57. The summed E-state index contributed by atoms with van der Waals surface area (Å²) < 4.78 is 57.6. The summed E-state index contributed by atoms with van der Waals surface area (Å²) in [6.45, 7) is 10.3. The van der Waals surface area contributed by atoms with Crippen molar-refractivity contribution in [2.24, 2.45) is 5.92 Å². The zero-order valence-corrected chi connectivity index (χ0v) is 21.1. The Morgan fingerprint density at radius 2 is 1.71 bits per heavy atom. The number of imidazole rings is 1. The average Bonchev–Trinajstić information content (AvgIpc) is 3.15. The van der Waals surface area contributed by atoms with Gasteiger partial charge in [0.15, 0.2) is 0 Å². The maximum absolute atomic E-state index is 14.0. The molecule has 0 aliphatic rings. The molecule has 0 atom stereocenters. The number of rotatable bonds is 7. The van der Waals surface area contributed by atoms with Gasteiger partial charge in [0.05, 0.1) is 4.90 Å². The molecule has 188 valence electrons. The van der Waals surface area contributed by atoms with Gasteiger partial charge < -0.3 is 9.67 Å². The number of halogens is 2. The zero-order valence-electron chi connectivity index (χ0n) is 20.3. The maximum Gasteiger partial charge on any atom is 0.418 e. The van der Waals surface area contributed by atoms with Crippen molar-refractivity contribution in [1.82, 2.24) is 14.3 Å². The second-order valence-corrected chi connectivity index (χ2v) is 11.6. The lowest BCUT2D eigenvalue weighted by atomic mass is 9.92. The van der Waals surface area contributed by atoms with Gasteiger partial charge in [-0.15, -0.1) is 0 Å². The Hall–Kier alpha value is -3.27. The molecule has 10 heteroatoms. The number of benzene rings is 2. The average molecular weight is 506 g/mol. The van der Waals surface area contributed by atoms with Gasteiger partial charge in [-0.1, -0.05) is 34.6 Å². The summed E-state index contributed by atoms with van der Waals surface area (Å²) in [5, 5.41) is 9.11. The fourth-order valence-corrected chi connectivity index (χ4v) is 5.14. The first-order chi connectivity index (χ1) is 16.2. The molecule has 0 aliphatic heterocycles. The SMILES string of the molecule is CC(C)Cc1cc(-c2cc(F)cc(F)c2)c(S(=O)(=O)NC(=O)O)cc1Cn1ccnc1C(C)(C)C. The van der Waals surface area contributed by atoms with E-state index in [4.69, 9.17) is 5.11 Å². The van der Waals surface area contributed by atoms with E-state index < -0.39 is 27.8 Å². The standard InChI is InChI=1S/C25H29F2N3O4S/c1-15(2)8-16-11-21(17-9-19(26)13-20(27)10-17)22(35(33,34)29-24(31)32)12-18(16)14-30-7-6-28-23(30)25(3,4)5/h6-7,9-13,15,29H,8,14H2,1-5H3,(H,31,32). The first-order valence-electron chi connectivity index (χ1n) is 11.1. The van der Waals surface area contributed by atoms with Gasteiger partial charge in [-0.2, -0.15) is 0 Å². The molecule has 0 spiro atoms. The van der Waals surface area contributed by atoms with E-state index in [1.807, 2.05) is 39.2 Å². The van der Waals surface area contributed by atoms with Gasteiger partial charge in [-0.25, -0.2) is 31.7 Å². The number of aromatic nitrogens is 2. The summed E-state index contributed by atoms with van der Waals surface area (Å²) in [7, 11) is -4.57. The molecule has 1 amide bonds. The Morgan fingerprint density at radius 3 is 2.26 bits per heavy atom. The molecular formula is C25H29F2N3O4S. The molecule has 7 nitrogen and oxygen atoms in total. The summed E-state index contributed by atoms with van der Waals surface area (Å²) >= 11 is 0. The molecule has 35 heavy (non-hydrogen) atoms. The fraction of sp³-hybridized carbons (Fsp3) is 0.360. The van der Waals surface area contributed by atoms with Gasteiger partial charge in [-0.3, -0.25) is 0 Å². The van der Waals surface area contributed by atoms with Crippen molar-refractivity contribution in [1.29, 1.82) is 0 Å². The number of sulfonamides is 1. The quantitative estimate of drug-likeness (QED) is 0.452. The van der Waals surface area contributed by atoms with Crippen molar-refractivity contribution >= 4 is 16.1 Å². The Labute approximate surface area is 203 Å². The van der Waals surface area contributed by atoms with E-state index in [-0.39, 0.29) is 33.9 Å². The lowest BCUT2D eigenvalue weighted by Gasteiger charge is -2.22. The first kappa shape index (κ1) is 26.3. The molecule has 0 radical (unpaired) electrons. The van der Waals surface area contributed by atoms with E-state index in [0.29, 0.717) is 18.1 Å². The number of carboxylic acid groups (broad SMARTS) is 1. The monoisotopic (exact) mass is 505 g/mol. The molecule has 0 saturated carbocycles. The summed E-state index contributed by atoms with van der Waals surface area (Å²) in [6, 6.07) is 5.68. The predicted molar refractivity (Wildman–Crippen MR) is 129 cm³/mol. The first-order valence-corrected chi connectivity index (χ1v) is 12.6. The normalized spacial score (nSPS) is 12.2. The number of amides is 1. The van der Waals surface area contributed by atoms with Crippen LogP contribution in [-0.2, 0) is 28.4 Å². The predicted octanol–water partition coefficient (Wildman–Crippen LogP) is 5.33. The molecule has 0 saturated heterocycles. The lowest BCUT2D eigenvalue weighted by molar-refractivity contribution is 0.201. The van der Waals surface area contributed by atoms with Crippen LogP contribution in [0.15, 0.2) is 47.6 Å². The number of nitrogens with one attached hydrogen (secondary N) is 1. The van der Waals surface area contributed by atoms with Crippen LogP contribution in [-0.4, -0.2) is 29.2 Å². The van der Waals surface area contributed by atoms with E-state index in [2.05, 4.69) is 4.98 Å². The minimum absolute atomic E-state index is 0.0113. The largest absolute Gasteiger partial charge is 0.464 e. The van der Waals surface area contributed by atoms with Crippen LogP contribution in [0.3, 0.4) is 0 Å². The number of carbonyl (C=O) groups is 1. The molecule has 0 aliphatic carbocycles. The molecule has 1 aromatic heterocycles. The number of hydrogen-bond donors (Lipinski definition) is 2. The molecule has 3 rings (SSSR count). The summed E-state index contributed by atoms with van der Waals surface area (Å²) in [4.78, 5) is 15.3. The van der Waals surface area contributed by atoms with Gasteiger partial charge in [0.25, 0.3) is 10.0 Å². The Bertz CT molecular complexity index is 1340. The highest BCUT2D eigenvalue weighted by Crippen LogP contribution is 2.33. The van der Waals surface area contributed by atoms with Gasteiger partial charge in [0, 0.05) is 36.0 Å². The van der Waals surface area contributed by atoms with Crippen LogP contribution < -0.4 is 4.72 Å². The van der Waals surface area contributed by atoms with Crippen molar-refractivity contribution in [2.75, 3.05) is 0 Å². The van der Waals surface area contributed by atoms with Crippen LogP contribution in [0, 0.1) is 17.6 Å². The van der Waals surface area contributed by atoms with E-state index in [0.717, 1.165) is 23.5 Å². The van der Waals surface area contributed by atoms with Crippen LogP contribution in [0.5, 0.6) is 0 Å². The van der Waals surface area contributed by atoms with Crippen molar-refractivity contribution in [3.63, 3.8) is 0 Å². The maximum atomic E-state index is 14.0. The third-order valence-corrected chi connectivity index (χ3v) is 6.70. The highest BCUT2D eigenvalue weighted by molar-refractivity contribution is 7.90. The summed E-state index contributed by atoms with van der Waals surface area (Å²) in [6.07, 6.45) is 2.25. The van der Waals surface area contributed by atoms with Crippen LogP contribution in [0.4, 0.5) is 13.6 Å². The second kappa shape index (κ2) is 9.77. The third kappa shape index (κ3) is 6.25. The van der Waals surface area contributed by atoms with E-state index in [9.17, 15) is 22.0 Å². The zero-order chi connectivity index (χ0) is 26.1. The van der Waals surface area contributed by atoms with E-state index in [1.165, 1.54) is 10.8 Å². The van der Waals surface area contributed by atoms with Crippen molar-refractivity contribution in [2.45, 2.75) is 57.9 Å². The molecule has 0 bridgehead atoms. The fourth-order valence-electron chi connectivity index (χ4n) is 4.04. The topological polar surface area (TPSA) is 101 Å². The number of nitrogens with zero attached hydrogens (tertiary/aromatic N) is 2. The molecule has 1 heterocycles. The third-order valence-electron chi connectivity index (χ3n) is 5.34. The van der Waals surface area contributed by atoms with E-state index in [1.54, 1.807) is 18.5 Å². The van der Waals surface area contributed by atoms with Gasteiger partial charge >= 0.3 is 6.09 Å². The second-order valence-electron chi connectivity index (χ2n) is 9.91. The van der Waals surface area contributed by atoms with Crippen LogP contribution >= 0.6 is 0 Å². The van der Waals surface area contributed by atoms with Crippen molar-refractivity contribution in [3.8, 4) is 11.1 Å². The lowest BCUT2D eigenvalue weighted by Crippen LogP contribution is -2.29. The highest BCUT2D eigenvalue weighted by atomic mass is 32.2. The van der Waals surface area contributed by atoms with Crippen molar-refractivity contribution < 1.29 is 27.1 Å². The van der Waals surface area contributed by atoms with Crippen LogP contribution in [0.2, 0.25) is 0 Å². The van der Waals surface area contributed by atoms with Gasteiger partial charge in [0.2, 0.25) is 0 Å².